The molecule has 6 rings (SSSR count). The molecule has 2 heterocycles. The summed E-state index contributed by atoms with van der Waals surface area (Å²) in [6.45, 7) is 26.5. The van der Waals surface area contributed by atoms with Crippen molar-refractivity contribution < 1.29 is 0 Å². The second-order valence-corrected chi connectivity index (χ2v) is 17.2. The fraction of sp³-hybridized carbons (Fsp3) is 0.462. The van der Waals surface area contributed by atoms with Gasteiger partial charge in [-0.3, -0.25) is 4.98 Å². The molecule has 1 aliphatic rings. The summed E-state index contributed by atoms with van der Waals surface area (Å²) in [7, 11) is 0. The Morgan fingerprint density at radius 3 is 2.12 bits per heavy atom. The van der Waals surface area contributed by atoms with E-state index >= 15 is 0 Å². The van der Waals surface area contributed by atoms with Gasteiger partial charge < -0.3 is 0 Å². The number of nitrogens with zero attached hydrogens (tertiary/aromatic N) is 1. The third-order valence-corrected chi connectivity index (χ3v) is 10.8. The normalized spacial score (nSPS) is 17.0. The number of aryl methyl sites for hydroxylation is 1. The van der Waals surface area contributed by atoms with Gasteiger partial charge in [-0.15, -0.1) is 11.3 Å². The molecule has 1 aliphatic carbocycles. The van der Waals surface area contributed by atoms with Gasteiger partial charge in [-0.1, -0.05) is 93.5 Å². The summed E-state index contributed by atoms with van der Waals surface area (Å²) in [5, 5.41) is 5.47. The number of thiophene rings is 1. The molecule has 0 amide bonds. The van der Waals surface area contributed by atoms with Gasteiger partial charge in [0.15, 0.2) is 0 Å². The van der Waals surface area contributed by atoms with E-state index in [2.05, 4.69) is 119 Å². The van der Waals surface area contributed by atoms with Gasteiger partial charge in [0.1, 0.15) is 0 Å². The summed E-state index contributed by atoms with van der Waals surface area (Å²) < 4.78 is 2.82. The molecule has 0 aliphatic heterocycles. The Morgan fingerprint density at radius 1 is 0.805 bits per heavy atom. The van der Waals surface area contributed by atoms with Crippen molar-refractivity contribution >= 4 is 42.3 Å². The number of hydrogen-bond acceptors (Lipinski definition) is 2. The number of rotatable bonds is 2. The maximum Gasteiger partial charge on any atom is 0.0880 e. The molecule has 0 unspecified atom stereocenters. The van der Waals surface area contributed by atoms with Crippen molar-refractivity contribution in [1.82, 2.24) is 4.98 Å². The van der Waals surface area contributed by atoms with Gasteiger partial charge in [0.05, 0.1) is 10.4 Å². The van der Waals surface area contributed by atoms with Gasteiger partial charge in [0, 0.05) is 27.2 Å². The molecule has 0 N–H and O–H groups in total. The van der Waals surface area contributed by atoms with Crippen molar-refractivity contribution in [3.63, 3.8) is 0 Å². The zero-order valence-electron chi connectivity index (χ0n) is 27.1. The van der Waals surface area contributed by atoms with E-state index in [0.29, 0.717) is 0 Å². The highest BCUT2D eigenvalue weighted by Gasteiger charge is 2.42. The molecule has 1 nitrogen and oxygen atoms in total. The van der Waals surface area contributed by atoms with Crippen molar-refractivity contribution in [2.75, 3.05) is 0 Å². The van der Waals surface area contributed by atoms with Gasteiger partial charge in [0.2, 0.25) is 0 Å². The fourth-order valence-corrected chi connectivity index (χ4v) is 9.06. The lowest BCUT2D eigenvalue weighted by atomic mass is 9.60. The number of benzene rings is 3. The number of fused-ring (bicyclic) bond motifs is 6. The van der Waals surface area contributed by atoms with Crippen LogP contribution in [0.25, 0.3) is 42.2 Å². The van der Waals surface area contributed by atoms with Crippen LogP contribution in [0.5, 0.6) is 0 Å². The first-order valence-corrected chi connectivity index (χ1v) is 16.2. The van der Waals surface area contributed by atoms with Crippen molar-refractivity contribution in [3.8, 4) is 11.3 Å². The van der Waals surface area contributed by atoms with E-state index in [4.69, 9.17) is 4.98 Å². The second-order valence-electron chi connectivity index (χ2n) is 16.2. The van der Waals surface area contributed by atoms with Crippen molar-refractivity contribution in [1.29, 1.82) is 0 Å². The molecule has 0 atom stereocenters. The standard InChI is InChI=1S/C39H47NS/c1-23-28(22-36(2,3)4)31-32(39(10,11)18-17-38(31,8)9)35-30(23)27-16-19-40-33(34(27)41-35)25-20-24-14-12-13-15-26(24)29(21-25)37(5,6)7/h12-16,19-21H,17-18,22H2,1-11H3. The molecule has 0 saturated heterocycles. The van der Waals surface area contributed by atoms with Crippen molar-refractivity contribution in [2.45, 2.75) is 112 Å². The molecular weight excluding hydrogens is 515 g/mol. The van der Waals surface area contributed by atoms with E-state index < -0.39 is 0 Å². The Kier molecular flexibility index (Phi) is 6.34. The van der Waals surface area contributed by atoms with Crippen molar-refractivity contribution in [3.05, 3.63) is 76.5 Å². The average Bonchev–Trinajstić information content (AvgIpc) is 3.26. The lowest BCUT2D eigenvalue weighted by molar-refractivity contribution is 0.326. The summed E-state index contributed by atoms with van der Waals surface area (Å²) >= 11 is 2.00. The first-order valence-electron chi connectivity index (χ1n) is 15.4. The van der Waals surface area contributed by atoms with Crippen LogP contribution in [-0.2, 0) is 22.7 Å². The second kappa shape index (κ2) is 9.14. The van der Waals surface area contributed by atoms with Crippen LogP contribution in [0.2, 0.25) is 0 Å². The molecule has 41 heavy (non-hydrogen) atoms. The zero-order chi connectivity index (χ0) is 29.7. The average molecular weight is 562 g/mol. The van der Waals surface area contributed by atoms with Crippen LogP contribution in [0, 0.1) is 12.3 Å². The van der Waals surface area contributed by atoms with Crippen LogP contribution < -0.4 is 0 Å². The molecule has 214 valence electrons. The monoisotopic (exact) mass is 561 g/mol. The highest BCUT2D eigenvalue weighted by atomic mass is 32.1. The van der Waals surface area contributed by atoms with E-state index in [0.717, 1.165) is 12.1 Å². The van der Waals surface area contributed by atoms with E-state index in [1.807, 2.05) is 17.5 Å². The van der Waals surface area contributed by atoms with Gasteiger partial charge in [0.25, 0.3) is 0 Å². The molecule has 0 radical (unpaired) electrons. The predicted molar refractivity (Wildman–Crippen MR) is 182 cm³/mol. The maximum absolute atomic E-state index is 5.10. The SMILES string of the molecule is Cc1c(CC(C)(C)C)c2c(c3sc4c(-c5cc(C(C)(C)C)c6ccccc6c5)nccc4c13)C(C)(C)CCC2(C)C. The van der Waals surface area contributed by atoms with Gasteiger partial charge in [-0.25, -0.2) is 0 Å². The molecule has 3 aromatic carbocycles. The molecule has 0 spiro atoms. The number of pyridine rings is 1. The third-order valence-electron chi connectivity index (χ3n) is 9.59. The minimum absolute atomic E-state index is 0.0385. The van der Waals surface area contributed by atoms with Gasteiger partial charge in [-0.05, 0) is 105 Å². The van der Waals surface area contributed by atoms with Gasteiger partial charge in [-0.2, -0.15) is 0 Å². The van der Waals surface area contributed by atoms with Gasteiger partial charge >= 0.3 is 0 Å². The summed E-state index contributed by atoms with van der Waals surface area (Å²) in [6.07, 6.45) is 5.61. The van der Waals surface area contributed by atoms with Crippen LogP contribution >= 0.6 is 11.3 Å². The van der Waals surface area contributed by atoms with Crippen LogP contribution in [0.3, 0.4) is 0 Å². The fourth-order valence-electron chi connectivity index (χ4n) is 7.47. The zero-order valence-corrected chi connectivity index (χ0v) is 27.9. The van der Waals surface area contributed by atoms with Crippen LogP contribution in [0.1, 0.15) is 110 Å². The Morgan fingerprint density at radius 2 is 1.46 bits per heavy atom. The highest BCUT2D eigenvalue weighted by Crippen LogP contribution is 2.55. The molecule has 2 heteroatoms. The lowest BCUT2D eigenvalue weighted by Crippen LogP contribution is -2.36. The van der Waals surface area contributed by atoms with E-state index in [-0.39, 0.29) is 21.7 Å². The van der Waals surface area contributed by atoms with E-state index in [1.165, 1.54) is 60.5 Å². The Labute approximate surface area is 251 Å². The first kappa shape index (κ1) is 28.4. The summed E-state index contributed by atoms with van der Waals surface area (Å²) in [5.74, 6) is 0. The molecule has 5 aromatic rings. The maximum atomic E-state index is 5.10. The summed E-state index contributed by atoms with van der Waals surface area (Å²) in [6, 6.07) is 15.9. The number of hydrogen-bond donors (Lipinski definition) is 0. The third kappa shape index (κ3) is 4.62. The Balaban J connectivity index is 1.75. The largest absolute Gasteiger partial charge is 0.255 e. The van der Waals surface area contributed by atoms with Crippen LogP contribution in [0.4, 0.5) is 0 Å². The topological polar surface area (TPSA) is 12.9 Å². The first-order chi connectivity index (χ1) is 19.0. The molecule has 2 aromatic heterocycles. The molecule has 0 saturated carbocycles. The summed E-state index contributed by atoms with van der Waals surface area (Å²) in [4.78, 5) is 5.10. The highest BCUT2D eigenvalue weighted by molar-refractivity contribution is 7.26. The van der Waals surface area contributed by atoms with Crippen LogP contribution in [0.15, 0.2) is 48.7 Å². The quantitative estimate of drug-likeness (QED) is 0.209. The minimum Gasteiger partial charge on any atom is -0.255 e. The van der Waals surface area contributed by atoms with Crippen LogP contribution in [-0.4, -0.2) is 4.98 Å². The Bertz CT molecular complexity index is 1830. The number of aromatic nitrogens is 1. The minimum atomic E-state index is 0.0385. The molecule has 0 bridgehead atoms. The van der Waals surface area contributed by atoms with Crippen molar-refractivity contribution in [2.24, 2.45) is 5.41 Å². The predicted octanol–water partition coefficient (Wildman–Crippen LogP) is 11.8. The Hall–Kier alpha value is -2.71. The smallest absolute Gasteiger partial charge is 0.0880 e. The van der Waals surface area contributed by atoms with E-state index in [9.17, 15) is 0 Å². The lowest BCUT2D eigenvalue weighted by Gasteiger charge is -2.44. The summed E-state index contributed by atoms with van der Waals surface area (Å²) in [5.41, 5.74) is 10.6. The van der Waals surface area contributed by atoms with E-state index in [1.54, 1.807) is 16.7 Å². The molecule has 0 fully saturated rings. The molecular formula is C39H47NS.